The van der Waals surface area contributed by atoms with Gasteiger partial charge in [-0.1, -0.05) is 170 Å². The summed E-state index contributed by atoms with van der Waals surface area (Å²) in [6, 6.07) is 74.4. The van der Waals surface area contributed by atoms with Crippen LogP contribution in [0.25, 0.3) is 56.1 Å². The van der Waals surface area contributed by atoms with Crippen molar-refractivity contribution in [2.75, 3.05) is 0 Å². The lowest BCUT2D eigenvalue weighted by atomic mass is 9.92. The van der Waals surface area contributed by atoms with Crippen LogP contribution in [0.15, 0.2) is 219 Å². The van der Waals surface area contributed by atoms with Crippen LogP contribution in [0.2, 0.25) is 0 Å². The first-order valence-electron chi connectivity index (χ1n) is 21.9. The summed E-state index contributed by atoms with van der Waals surface area (Å²) in [7, 11) is 0. The zero-order valence-corrected chi connectivity index (χ0v) is 37.3. The van der Waals surface area contributed by atoms with E-state index in [2.05, 4.69) is 169 Å². The van der Waals surface area contributed by atoms with Gasteiger partial charge in [-0.3, -0.25) is 10.6 Å². The average Bonchev–Trinajstić information content (AvgIpc) is 3.42. The number of hydrogen-bond acceptors (Lipinski definition) is 10. The van der Waals surface area contributed by atoms with E-state index in [0.717, 1.165) is 61.4 Å². The van der Waals surface area contributed by atoms with E-state index in [0.29, 0.717) is 5.82 Å². The molecule has 322 valence electrons. The Morgan fingerprint density at radius 1 is 0.318 bits per heavy atom. The fourth-order valence-electron chi connectivity index (χ4n) is 8.30. The average molecular weight is 899 g/mol. The second-order valence-electron chi connectivity index (χ2n) is 16.2. The van der Waals surface area contributed by atoms with Crippen molar-refractivity contribution in [1.29, 1.82) is 0 Å². The molecule has 0 saturated carbocycles. The molecule has 2 saturated heterocycles. The first kappa shape index (κ1) is 41.8. The van der Waals surface area contributed by atoms with Crippen molar-refractivity contribution < 1.29 is 9.36 Å². The van der Waals surface area contributed by atoms with Gasteiger partial charge in [-0.05, 0) is 73.8 Å². The predicted molar refractivity (Wildman–Crippen MR) is 265 cm³/mol. The molecular formula is C54H46N10S2+2. The minimum atomic E-state index is -0.0299. The maximum atomic E-state index is 4.99. The Hall–Kier alpha value is -6.84. The summed E-state index contributed by atoms with van der Waals surface area (Å²) in [5, 5.41) is 17.4. The standard InChI is InChI=1S/C54H46N10S2/c1-5-13-40(14-6-1)50-55-52(61-65-59-50)42-27-21-37(22-28-42)45-33-46(38-23-29-43(30-24-38)53-56-51(60-66-62-53)41-15-7-2-8-16-41)35-47(34-45)39-25-31-44(32-26-39)54-57-63(48-17-9-3-10-18-48)36-64(58-54)49-19-11-4-12-20-49/h1-36,50-53,55-56,59-62H/q+2. The Bertz CT molecular complexity index is 2860. The van der Waals surface area contributed by atoms with E-state index in [4.69, 9.17) is 10.2 Å². The minimum Gasteiger partial charge on any atom is -0.277 e. The molecule has 66 heavy (non-hydrogen) atoms. The van der Waals surface area contributed by atoms with Crippen molar-refractivity contribution in [2.45, 2.75) is 24.7 Å². The minimum absolute atomic E-state index is 0.0207. The lowest BCUT2D eigenvalue weighted by Gasteiger charge is -2.32. The number of rotatable bonds is 10. The molecule has 0 spiro atoms. The van der Waals surface area contributed by atoms with Crippen LogP contribution in [0.4, 0.5) is 0 Å². The zero-order valence-electron chi connectivity index (χ0n) is 35.7. The van der Waals surface area contributed by atoms with Crippen molar-refractivity contribution in [3.63, 3.8) is 0 Å². The first-order valence-corrected chi connectivity index (χ1v) is 23.6. The SMILES string of the molecule is c1ccc(C2NSNC(c3ccc(-c4cc(-c5ccc(-c6n[n+](-c7ccccc7)c[n+](-c7ccccc7)n6)cc5)cc(-c5ccc(C6NSNC(c7ccccc7)N6)cc5)c4)cc3)N2)cc1. The molecule has 0 aliphatic carbocycles. The third kappa shape index (κ3) is 9.31. The van der Waals surface area contributed by atoms with E-state index >= 15 is 0 Å². The van der Waals surface area contributed by atoms with Crippen molar-refractivity contribution in [2.24, 2.45) is 0 Å². The highest BCUT2D eigenvalue weighted by atomic mass is 32.2. The van der Waals surface area contributed by atoms with Crippen LogP contribution in [0, 0.1) is 0 Å². The maximum Gasteiger partial charge on any atom is 0.469 e. The van der Waals surface area contributed by atoms with Crippen LogP contribution in [0.3, 0.4) is 0 Å². The van der Waals surface area contributed by atoms with Crippen LogP contribution in [0.5, 0.6) is 0 Å². The molecule has 0 amide bonds. The van der Waals surface area contributed by atoms with Crippen molar-refractivity contribution in [3.05, 3.63) is 241 Å². The highest BCUT2D eigenvalue weighted by molar-refractivity contribution is 7.95. The molecule has 0 bridgehead atoms. The second kappa shape index (κ2) is 19.3. The predicted octanol–water partition coefficient (Wildman–Crippen LogP) is 9.78. The molecule has 9 aromatic rings. The molecule has 1 aromatic heterocycles. The normalized spacial score (nSPS) is 18.4. The van der Waals surface area contributed by atoms with Gasteiger partial charge < -0.3 is 0 Å². The fourth-order valence-corrected chi connectivity index (χ4v) is 9.73. The summed E-state index contributed by atoms with van der Waals surface area (Å²) in [5.74, 6) is 0.615. The smallest absolute Gasteiger partial charge is 0.277 e. The second-order valence-corrected chi connectivity index (χ2v) is 17.5. The molecule has 0 radical (unpaired) electrons. The molecule has 2 fully saturated rings. The molecular weight excluding hydrogens is 853 g/mol. The Labute approximate surface area is 393 Å². The molecule has 2 aliphatic heterocycles. The van der Waals surface area contributed by atoms with Gasteiger partial charge in [0, 0.05) is 73.7 Å². The van der Waals surface area contributed by atoms with Gasteiger partial charge in [0.2, 0.25) is 11.4 Å². The Morgan fingerprint density at radius 3 is 0.985 bits per heavy atom. The summed E-state index contributed by atoms with van der Waals surface area (Å²) in [6.07, 6.45) is 1.89. The summed E-state index contributed by atoms with van der Waals surface area (Å²) in [5.41, 5.74) is 14.3. The topological polar surface area (TPSA) is 106 Å². The molecule has 8 aromatic carbocycles. The summed E-state index contributed by atoms with van der Waals surface area (Å²) >= 11 is 3.05. The van der Waals surface area contributed by atoms with Gasteiger partial charge >= 0.3 is 6.33 Å². The van der Waals surface area contributed by atoms with E-state index in [1.165, 1.54) is 35.4 Å². The lowest BCUT2D eigenvalue weighted by molar-refractivity contribution is -0.797. The van der Waals surface area contributed by atoms with Crippen LogP contribution in [0.1, 0.15) is 46.9 Å². The third-order valence-corrected chi connectivity index (χ3v) is 13.3. The summed E-state index contributed by atoms with van der Waals surface area (Å²) in [6.45, 7) is 0. The molecule has 10 nitrogen and oxygen atoms in total. The van der Waals surface area contributed by atoms with Crippen LogP contribution >= 0.6 is 24.3 Å². The van der Waals surface area contributed by atoms with E-state index < -0.39 is 0 Å². The quantitative estimate of drug-likeness (QED) is 0.0588. The molecule has 3 heterocycles. The van der Waals surface area contributed by atoms with E-state index in [1.807, 2.05) is 88.5 Å². The number of benzene rings is 8. The monoisotopic (exact) mass is 898 g/mol. The number of para-hydroxylation sites is 2. The van der Waals surface area contributed by atoms with Crippen molar-refractivity contribution in [3.8, 4) is 56.1 Å². The van der Waals surface area contributed by atoms with Gasteiger partial charge in [0.1, 0.15) is 0 Å². The molecule has 6 N–H and O–H groups in total. The molecule has 4 atom stereocenters. The van der Waals surface area contributed by atoms with Gasteiger partial charge in [-0.15, -0.1) is 0 Å². The van der Waals surface area contributed by atoms with E-state index in [1.54, 1.807) is 0 Å². The van der Waals surface area contributed by atoms with Crippen LogP contribution in [-0.4, -0.2) is 10.2 Å². The largest absolute Gasteiger partial charge is 0.469 e. The van der Waals surface area contributed by atoms with Gasteiger partial charge in [-0.2, -0.15) is 0 Å². The van der Waals surface area contributed by atoms with Crippen LogP contribution in [-0.2, 0) is 0 Å². The van der Waals surface area contributed by atoms with Gasteiger partial charge in [0.25, 0.3) is 5.82 Å². The maximum absolute atomic E-state index is 4.99. The lowest BCUT2D eigenvalue weighted by Crippen LogP contribution is -2.49. The van der Waals surface area contributed by atoms with Crippen LogP contribution < -0.4 is 38.9 Å². The number of aromatic nitrogens is 4. The van der Waals surface area contributed by atoms with Crippen molar-refractivity contribution >= 4 is 24.3 Å². The Morgan fingerprint density at radius 2 is 0.621 bits per heavy atom. The first-order chi connectivity index (χ1) is 32.7. The van der Waals surface area contributed by atoms with E-state index in [9.17, 15) is 0 Å². The Balaban J connectivity index is 0.921. The highest BCUT2D eigenvalue weighted by Crippen LogP contribution is 2.35. The van der Waals surface area contributed by atoms with Gasteiger partial charge in [-0.25, -0.2) is 18.9 Å². The number of hydrogen-bond donors (Lipinski definition) is 6. The number of nitrogens with one attached hydrogen (secondary N) is 6. The summed E-state index contributed by atoms with van der Waals surface area (Å²) < 4.78 is 17.7. The third-order valence-electron chi connectivity index (χ3n) is 11.9. The molecule has 11 rings (SSSR count). The molecule has 12 heteroatoms. The molecule has 4 unspecified atom stereocenters. The number of nitrogens with zero attached hydrogens (tertiary/aromatic N) is 4. The summed E-state index contributed by atoms with van der Waals surface area (Å²) in [4.78, 5) is 0. The Kier molecular flexibility index (Phi) is 12.3. The van der Waals surface area contributed by atoms with Crippen molar-refractivity contribution in [1.82, 2.24) is 39.7 Å². The fraction of sp³-hybridized carbons (Fsp3) is 0.0741. The highest BCUT2D eigenvalue weighted by Gasteiger charge is 2.26. The van der Waals surface area contributed by atoms with Gasteiger partial charge in [0.15, 0.2) is 0 Å². The molecule has 2 aliphatic rings. The van der Waals surface area contributed by atoms with Gasteiger partial charge in [0.05, 0.1) is 24.7 Å². The van der Waals surface area contributed by atoms with E-state index in [-0.39, 0.29) is 24.7 Å². The zero-order chi connectivity index (χ0) is 44.1.